The van der Waals surface area contributed by atoms with Gasteiger partial charge in [0.25, 0.3) is 0 Å². The number of aryl methyl sites for hydroxylation is 1. The Balaban J connectivity index is 2.15. The molecule has 2 rings (SSSR count). The molecule has 1 aromatic rings. The van der Waals surface area contributed by atoms with Crippen LogP contribution in [0.2, 0.25) is 0 Å². The van der Waals surface area contributed by atoms with E-state index in [4.69, 9.17) is 21.4 Å². The number of carbonyl (C=O) groups is 2. The zero-order chi connectivity index (χ0) is 13.3. The van der Waals surface area contributed by atoms with Gasteiger partial charge in [0.2, 0.25) is 5.78 Å². The van der Waals surface area contributed by atoms with Gasteiger partial charge in [-0.3, -0.25) is 9.59 Å². The predicted molar refractivity (Wildman–Crippen MR) is 61.4 cm³/mol. The molecule has 0 aliphatic carbocycles. The Kier molecular flexibility index (Phi) is 3.52. The van der Waals surface area contributed by atoms with Gasteiger partial charge in [-0.25, -0.2) is 4.39 Å². The molecule has 1 heterocycles. The number of carbonyl (C=O) groups excluding carboxylic acids is 1. The SMILES string of the molecule is O=C(O)C(Cl)C(=O)C1CCc2cc(F)ccc2O1. The first-order valence-corrected chi connectivity index (χ1v) is 5.78. The minimum absolute atomic E-state index is 0.297. The molecule has 18 heavy (non-hydrogen) atoms. The van der Waals surface area contributed by atoms with E-state index in [1.807, 2.05) is 0 Å². The van der Waals surface area contributed by atoms with Crippen LogP contribution in [0.4, 0.5) is 4.39 Å². The van der Waals surface area contributed by atoms with Crippen molar-refractivity contribution >= 4 is 23.4 Å². The van der Waals surface area contributed by atoms with E-state index in [0.29, 0.717) is 24.2 Å². The number of hydrogen-bond donors (Lipinski definition) is 1. The van der Waals surface area contributed by atoms with Crippen molar-refractivity contribution < 1.29 is 23.8 Å². The maximum absolute atomic E-state index is 13.0. The first-order valence-electron chi connectivity index (χ1n) is 5.34. The van der Waals surface area contributed by atoms with E-state index >= 15 is 0 Å². The van der Waals surface area contributed by atoms with Gasteiger partial charge in [-0.05, 0) is 36.6 Å². The van der Waals surface area contributed by atoms with Gasteiger partial charge in [0, 0.05) is 0 Å². The second kappa shape index (κ2) is 4.94. The summed E-state index contributed by atoms with van der Waals surface area (Å²) in [7, 11) is 0. The highest BCUT2D eigenvalue weighted by Gasteiger charge is 2.34. The number of carboxylic acids is 1. The molecule has 1 N–H and O–H groups in total. The molecule has 4 nitrogen and oxygen atoms in total. The molecule has 2 atom stereocenters. The van der Waals surface area contributed by atoms with Crippen molar-refractivity contribution in [1.29, 1.82) is 0 Å². The Hall–Kier alpha value is -1.62. The topological polar surface area (TPSA) is 63.6 Å². The number of fused-ring (bicyclic) bond motifs is 1. The van der Waals surface area contributed by atoms with Crippen LogP contribution in [-0.4, -0.2) is 28.3 Å². The molecule has 6 heteroatoms. The fourth-order valence-electron chi connectivity index (χ4n) is 1.84. The quantitative estimate of drug-likeness (QED) is 0.673. The van der Waals surface area contributed by atoms with Crippen LogP contribution >= 0.6 is 11.6 Å². The van der Waals surface area contributed by atoms with Crippen molar-refractivity contribution in [3.63, 3.8) is 0 Å². The van der Waals surface area contributed by atoms with Gasteiger partial charge >= 0.3 is 5.97 Å². The minimum Gasteiger partial charge on any atom is -0.482 e. The molecule has 0 radical (unpaired) electrons. The third kappa shape index (κ3) is 2.46. The number of aliphatic carboxylic acids is 1. The summed E-state index contributed by atoms with van der Waals surface area (Å²) in [5.74, 6) is -2.05. The smallest absolute Gasteiger partial charge is 0.329 e. The van der Waals surface area contributed by atoms with Crippen LogP contribution in [0.5, 0.6) is 5.75 Å². The summed E-state index contributed by atoms with van der Waals surface area (Å²) in [5, 5.41) is 7.04. The van der Waals surface area contributed by atoms with Crippen LogP contribution in [0, 0.1) is 5.82 Å². The number of hydrogen-bond acceptors (Lipinski definition) is 3. The van der Waals surface area contributed by atoms with Crippen LogP contribution in [0.15, 0.2) is 18.2 Å². The molecule has 0 saturated carbocycles. The number of halogens is 2. The molecule has 0 aromatic heterocycles. The van der Waals surface area contributed by atoms with Gasteiger partial charge in [-0.1, -0.05) is 0 Å². The lowest BCUT2D eigenvalue weighted by Gasteiger charge is -2.25. The molecule has 0 saturated heterocycles. The van der Waals surface area contributed by atoms with Crippen LogP contribution < -0.4 is 4.74 Å². The standard InChI is InChI=1S/C12H10ClFO4/c13-10(12(16)17)11(15)9-3-1-6-5-7(14)2-4-8(6)18-9/h2,4-5,9-10H,1,3H2,(H,16,17). The lowest BCUT2D eigenvalue weighted by atomic mass is 9.98. The number of benzene rings is 1. The van der Waals surface area contributed by atoms with Gasteiger partial charge in [-0.15, -0.1) is 11.6 Å². The van der Waals surface area contributed by atoms with E-state index in [0.717, 1.165) is 0 Å². The average Bonchev–Trinajstić information content (AvgIpc) is 2.36. The highest BCUT2D eigenvalue weighted by atomic mass is 35.5. The van der Waals surface area contributed by atoms with Crippen molar-refractivity contribution in [2.24, 2.45) is 0 Å². The van der Waals surface area contributed by atoms with Gasteiger partial charge in [0.15, 0.2) is 11.5 Å². The van der Waals surface area contributed by atoms with Crippen LogP contribution in [-0.2, 0) is 16.0 Å². The van der Waals surface area contributed by atoms with Crippen molar-refractivity contribution in [3.05, 3.63) is 29.6 Å². The number of ketones is 1. The Labute approximate surface area is 107 Å². The highest BCUT2D eigenvalue weighted by molar-refractivity contribution is 6.41. The molecule has 96 valence electrons. The first-order chi connectivity index (χ1) is 8.49. The van der Waals surface area contributed by atoms with Gasteiger partial charge < -0.3 is 9.84 Å². The second-order valence-electron chi connectivity index (χ2n) is 4.00. The summed E-state index contributed by atoms with van der Waals surface area (Å²) in [6, 6.07) is 3.99. The molecule has 0 fully saturated rings. The average molecular weight is 273 g/mol. The van der Waals surface area contributed by atoms with Crippen LogP contribution in [0.3, 0.4) is 0 Å². The van der Waals surface area contributed by atoms with E-state index in [-0.39, 0.29) is 5.82 Å². The van der Waals surface area contributed by atoms with E-state index in [1.54, 1.807) is 0 Å². The molecule has 1 aliphatic heterocycles. The van der Waals surface area contributed by atoms with Gasteiger partial charge in [0.1, 0.15) is 11.6 Å². The van der Waals surface area contributed by atoms with E-state index in [1.165, 1.54) is 18.2 Å². The Bertz CT molecular complexity index is 503. The molecule has 0 spiro atoms. The zero-order valence-corrected chi connectivity index (χ0v) is 9.98. The number of carboxylic acid groups (broad SMARTS) is 1. The van der Waals surface area contributed by atoms with Crippen LogP contribution in [0.1, 0.15) is 12.0 Å². The van der Waals surface area contributed by atoms with Crippen LogP contribution in [0.25, 0.3) is 0 Å². The fraction of sp³-hybridized carbons (Fsp3) is 0.333. The predicted octanol–water partition coefficient (Wildman–Crippen LogP) is 1.78. The van der Waals surface area contributed by atoms with Gasteiger partial charge in [0.05, 0.1) is 0 Å². The first kappa shape index (κ1) is 12.8. The lowest BCUT2D eigenvalue weighted by molar-refractivity contribution is -0.141. The number of alkyl halides is 1. The normalized spacial score (nSPS) is 19.6. The summed E-state index contributed by atoms with van der Waals surface area (Å²) in [6.07, 6.45) is -0.139. The maximum Gasteiger partial charge on any atom is 0.329 e. The molecule has 0 bridgehead atoms. The Morgan fingerprint density at radius 3 is 2.89 bits per heavy atom. The summed E-state index contributed by atoms with van der Waals surface area (Å²) in [4.78, 5) is 22.3. The van der Waals surface area contributed by atoms with Crippen molar-refractivity contribution in [1.82, 2.24) is 0 Å². The molecule has 1 aromatic carbocycles. The lowest BCUT2D eigenvalue weighted by Crippen LogP contribution is -2.39. The minimum atomic E-state index is -1.61. The maximum atomic E-state index is 13.0. The number of Topliss-reactive ketones (excluding diaryl/α,β-unsaturated/α-hetero) is 1. The number of ether oxygens (including phenoxy) is 1. The molecule has 2 unspecified atom stereocenters. The molecular weight excluding hydrogens is 263 g/mol. The Morgan fingerprint density at radius 1 is 1.50 bits per heavy atom. The van der Waals surface area contributed by atoms with E-state index < -0.39 is 23.2 Å². The summed E-state index contributed by atoms with van der Waals surface area (Å²) in [6.45, 7) is 0. The summed E-state index contributed by atoms with van der Waals surface area (Å²) < 4.78 is 18.3. The zero-order valence-electron chi connectivity index (χ0n) is 9.23. The summed E-state index contributed by atoms with van der Waals surface area (Å²) in [5.41, 5.74) is 0.667. The van der Waals surface area contributed by atoms with Crippen molar-refractivity contribution in [2.75, 3.05) is 0 Å². The number of rotatable bonds is 3. The van der Waals surface area contributed by atoms with Crippen molar-refractivity contribution in [2.45, 2.75) is 24.3 Å². The van der Waals surface area contributed by atoms with E-state index in [9.17, 15) is 14.0 Å². The highest BCUT2D eigenvalue weighted by Crippen LogP contribution is 2.29. The molecule has 1 aliphatic rings. The summed E-state index contributed by atoms with van der Waals surface area (Å²) >= 11 is 5.46. The molecule has 0 amide bonds. The largest absolute Gasteiger partial charge is 0.482 e. The monoisotopic (exact) mass is 272 g/mol. The third-order valence-electron chi connectivity index (χ3n) is 2.75. The Morgan fingerprint density at radius 2 is 2.22 bits per heavy atom. The fourth-order valence-corrected chi connectivity index (χ4v) is 1.98. The van der Waals surface area contributed by atoms with Gasteiger partial charge in [-0.2, -0.15) is 0 Å². The van der Waals surface area contributed by atoms with Crippen molar-refractivity contribution in [3.8, 4) is 5.75 Å². The molecular formula is C12H10ClFO4. The second-order valence-corrected chi connectivity index (χ2v) is 4.44. The third-order valence-corrected chi connectivity index (χ3v) is 3.15. The van der Waals surface area contributed by atoms with E-state index in [2.05, 4.69) is 0 Å².